The van der Waals surface area contributed by atoms with E-state index in [-0.39, 0.29) is 27.0 Å². The maximum Gasteiger partial charge on any atom is 0.447 e. The molecule has 0 bridgehead atoms. The van der Waals surface area contributed by atoms with Crippen LogP contribution in [0.25, 0.3) is 0 Å². The van der Waals surface area contributed by atoms with Gasteiger partial charge in [-0.05, 0) is 61.6 Å². The molecule has 20 heteroatoms. The summed E-state index contributed by atoms with van der Waals surface area (Å²) in [6.07, 6.45) is -12.6. The zero-order valence-electron chi connectivity index (χ0n) is 22.7. The topological polar surface area (TPSA) is 135 Å². The van der Waals surface area contributed by atoms with Crippen LogP contribution in [0, 0.1) is 5.82 Å². The van der Waals surface area contributed by atoms with Crippen LogP contribution in [0.1, 0.15) is 11.1 Å². The smallest absolute Gasteiger partial charge is 0.426 e. The van der Waals surface area contributed by atoms with Gasteiger partial charge in [0, 0.05) is 21.2 Å². The fourth-order valence-electron chi connectivity index (χ4n) is 4.45. The number of cyclic esters (lactones) is 2. The molecule has 5 rings (SSSR count). The maximum absolute atomic E-state index is 14.0. The summed E-state index contributed by atoms with van der Waals surface area (Å²) in [5, 5.41) is 6.32. The van der Waals surface area contributed by atoms with E-state index in [4.69, 9.17) is 23.2 Å². The second kappa shape index (κ2) is 12.4. The molecule has 0 aromatic heterocycles. The van der Waals surface area contributed by atoms with Crippen LogP contribution in [0.5, 0.6) is 0 Å². The van der Waals surface area contributed by atoms with Crippen molar-refractivity contribution in [2.45, 2.75) is 28.6 Å². The summed E-state index contributed by atoms with van der Waals surface area (Å²) < 4.78 is 130. The fraction of sp³-hybridized carbons (Fsp3) is 0.231. The van der Waals surface area contributed by atoms with Gasteiger partial charge in [0.05, 0.1) is 22.8 Å². The second-order valence-corrected chi connectivity index (χ2v) is 12.1. The third-order valence-electron chi connectivity index (χ3n) is 6.59. The van der Waals surface area contributed by atoms with Gasteiger partial charge in [-0.2, -0.15) is 26.3 Å². The molecule has 0 radical (unpaired) electrons. The quantitative estimate of drug-likeness (QED) is 0.218. The highest BCUT2D eigenvalue weighted by molar-refractivity contribution is 7.89. The minimum Gasteiger partial charge on any atom is -0.426 e. The van der Waals surface area contributed by atoms with E-state index in [0.717, 1.165) is 43.4 Å². The molecule has 0 saturated heterocycles. The molecule has 3 aromatic carbocycles. The molecule has 3 aromatic rings. The summed E-state index contributed by atoms with van der Waals surface area (Å²) >= 11 is 11.5. The first-order valence-electron chi connectivity index (χ1n) is 12.4. The van der Waals surface area contributed by atoms with Crippen LogP contribution < -0.4 is 20.7 Å². The Balaban J connectivity index is 0.000000230. The van der Waals surface area contributed by atoms with Crippen LogP contribution in [0.2, 0.25) is 10.0 Å². The number of rotatable bonds is 5. The minimum atomic E-state index is -5.20. The number of carbonyl (C=O) groups is 2. The largest absolute Gasteiger partial charge is 0.447 e. The molecule has 2 aliphatic heterocycles. The molecule has 2 atom stereocenters. The number of anilines is 2. The van der Waals surface area contributed by atoms with Gasteiger partial charge in [-0.15, -0.1) is 0 Å². The van der Waals surface area contributed by atoms with Crippen molar-refractivity contribution in [1.82, 2.24) is 10.0 Å². The fourth-order valence-corrected chi connectivity index (χ4v) is 5.88. The van der Waals surface area contributed by atoms with E-state index in [1.54, 1.807) is 4.72 Å². The molecule has 0 spiro atoms. The van der Waals surface area contributed by atoms with Gasteiger partial charge in [0.15, 0.2) is 0 Å². The highest BCUT2D eigenvalue weighted by Crippen LogP contribution is 2.48. The van der Waals surface area contributed by atoms with Crippen LogP contribution in [0.3, 0.4) is 0 Å². The molecule has 0 saturated carbocycles. The van der Waals surface area contributed by atoms with Crippen molar-refractivity contribution in [3.8, 4) is 0 Å². The monoisotopic (exact) mass is 718 g/mol. The van der Waals surface area contributed by atoms with Gasteiger partial charge in [0.1, 0.15) is 5.82 Å². The molecule has 2 aliphatic rings. The Kier molecular flexibility index (Phi) is 9.44. The van der Waals surface area contributed by atoms with Crippen LogP contribution in [0.15, 0.2) is 65.6 Å². The lowest BCUT2D eigenvalue weighted by molar-refractivity contribution is -0.275. The highest BCUT2D eigenvalue weighted by atomic mass is 35.5. The van der Waals surface area contributed by atoms with Crippen molar-refractivity contribution in [3.05, 3.63) is 87.7 Å². The van der Waals surface area contributed by atoms with Crippen molar-refractivity contribution in [3.63, 3.8) is 0 Å². The Labute approximate surface area is 265 Å². The van der Waals surface area contributed by atoms with Crippen molar-refractivity contribution in [2.75, 3.05) is 24.2 Å². The molecule has 248 valence electrons. The lowest BCUT2D eigenvalue weighted by Gasteiger charge is -2.39. The SMILES string of the molecule is CNC1(C(F)(F)F)OC(=O)Nc2ccc(Cl)cc21.O=C1Nc2ccc(Cl)cc2C(CNS(=O)(=O)c2cccc(F)c2)(C(F)(F)F)O1. The number of alkyl halides is 6. The number of ether oxygens (including phenoxy) is 2. The lowest BCUT2D eigenvalue weighted by atomic mass is 9.90. The predicted molar refractivity (Wildman–Crippen MR) is 149 cm³/mol. The number of benzene rings is 3. The van der Waals surface area contributed by atoms with Crippen LogP contribution in [-0.2, 0) is 30.8 Å². The third kappa shape index (κ3) is 6.66. The molecule has 46 heavy (non-hydrogen) atoms. The summed E-state index contributed by atoms with van der Waals surface area (Å²) in [7, 11) is -3.49. The van der Waals surface area contributed by atoms with E-state index >= 15 is 0 Å². The standard InChI is InChI=1S/C16H11ClF4N2O4S.C10H8ClF3N2O2/c17-9-4-5-13-12(6-9)15(16(19,20)21,27-14(24)23-13)8-22-28(25,26)11-3-1-2-10(18)7-11;1-15-9(10(12,13)14)6-4-5(11)2-3-7(6)16-8(17)18-9/h1-7,22H,8H2,(H,23,24);2-4,15H,1H3,(H,16,17). The Morgan fingerprint density at radius 1 is 0.804 bits per heavy atom. The number of amides is 2. The first-order chi connectivity index (χ1) is 21.2. The van der Waals surface area contributed by atoms with Crippen molar-refractivity contribution in [2.24, 2.45) is 0 Å². The van der Waals surface area contributed by atoms with Gasteiger partial charge in [-0.25, -0.2) is 27.1 Å². The molecule has 0 aliphatic carbocycles. The van der Waals surface area contributed by atoms with Gasteiger partial charge in [-0.3, -0.25) is 16.0 Å². The Morgan fingerprint density at radius 2 is 1.35 bits per heavy atom. The summed E-state index contributed by atoms with van der Waals surface area (Å²) in [5.41, 5.74) is -7.32. The van der Waals surface area contributed by atoms with Crippen molar-refractivity contribution in [1.29, 1.82) is 0 Å². The summed E-state index contributed by atoms with van der Waals surface area (Å²) in [6.45, 7) is -1.38. The number of nitrogens with one attached hydrogen (secondary N) is 4. The minimum absolute atomic E-state index is 0.00215. The third-order valence-corrected chi connectivity index (χ3v) is 8.46. The zero-order valence-corrected chi connectivity index (χ0v) is 25.1. The van der Waals surface area contributed by atoms with E-state index in [9.17, 15) is 48.7 Å². The van der Waals surface area contributed by atoms with Gasteiger partial charge < -0.3 is 9.47 Å². The predicted octanol–water partition coefficient (Wildman–Crippen LogP) is 6.61. The van der Waals surface area contributed by atoms with E-state index in [1.807, 2.05) is 5.32 Å². The van der Waals surface area contributed by atoms with Gasteiger partial charge in [0.25, 0.3) is 5.72 Å². The molecule has 0 fully saturated rings. The van der Waals surface area contributed by atoms with E-state index in [1.165, 1.54) is 18.2 Å². The Bertz CT molecular complexity index is 1790. The summed E-state index contributed by atoms with van der Waals surface area (Å²) in [6, 6.07) is 10.8. The average molecular weight is 719 g/mol. The average Bonchev–Trinajstić information content (AvgIpc) is 2.95. The van der Waals surface area contributed by atoms with Gasteiger partial charge in [-0.1, -0.05) is 29.3 Å². The van der Waals surface area contributed by atoms with Crippen LogP contribution >= 0.6 is 23.2 Å². The van der Waals surface area contributed by atoms with Gasteiger partial charge in [0.2, 0.25) is 15.6 Å². The number of fused-ring (bicyclic) bond motifs is 2. The number of hydrogen-bond acceptors (Lipinski definition) is 7. The highest BCUT2D eigenvalue weighted by Gasteiger charge is 2.63. The molecular weight excluding hydrogens is 700 g/mol. The summed E-state index contributed by atoms with van der Waals surface area (Å²) in [4.78, 5) is 22.4. The number of halogens is 9. The maximum atomic E-state index is 14.0. The molecule has 10 nitrogen and oxygen atoms in total. The lowest BCUT2D eigenvalue weighted by Crippen LogP contribution is -2.58. The number of hydrogen-bond donors (Lipinski definition) is 4. The zero-order chi connectivity index (χ0) is 34.3. The molecule has 4 N–H and O–H groups in total. The van der Waals surface area contributed by atoms with Crippen LogP contribution in [-0.4, -0.2) is 46.5 Å². The van der Waals surface area contributed by atoms with E-state index in [2.05, 4.69) is 20.1 Å². The first-order valence-corrected chi connectivity index (χ1v) is 14.7. The molecule has 2 heterocycles. The Hall–Kier alpha value is -3.84. The number of carbonyl (C=O) groups excluding carboxylic acids is 2. The normalized spacial score (nSPS) is 20.9. The van der Waals surface area contributed by atoms with Gasteiger partial charge >= 0.3 is 24.5 Å². The second-order valence-electron chi connectivity index (χ2n) is 9.44. The summed E-state index contributed by atoms with van der Waals surface area (Å²) in [5.74, 6) is -0.890. The van der Waals surface area contributed by atoms with Crippen molar-refractivity contribution < 1.29 is 58.2 Å². The van der Waals surface area contributed by atoms with Crippen molar-refractivity contribution >= 4 is 56.8 Å². The first kappa shape index (κ1) is 35.0. The molecule has 2 amide bonds. The number of sulfonamides is 1. The molecule has 2 unspecified atom stereocenters. The van der Waals surface area contributed by atoms with E-state index in [0.29, 0.717) is 6.07 Å². The Morgan fingerprint density at radius 3 is 1.87 bits per heavy atom. The van der Waals surface area contributed by atoms with E-state index < -0.39 is 68.7 Å². The van der Waals surface area contributed by atoms with Crippen LogP contribution in [0.4, 0.5) is 51.7 Å². The molecular formula is C26H19Cl2F7N4O6S.